The molecule has 2 aliphatic rings. The normalized spacial score (nSPS) is 22.5. The Morgan fingerprint density at radius 2 is 2.23 bits per heavy atom. The minimum absolute atomic E-state index is 0.0662. The van der Waals surface area contributed by atoms with Crippen LogP contribution in [0.2, 0.25) is 0 Å². The van der Waals surface area contributed by atoms with Crippen molar-refractivity contribution in [2.45, 2.75) is 45.3 Å². The number of fused-ring (bicyclic) bond motifs is 1. The largest absolute Gasteiger partial charge is 0.393 e. The Balaban J connectivity index is 1.51. The first kappa shape index (κ1) is 17.1. The third kappa shape index (κ3) is 2.98. The van der Waals surface area contributed by atoms with Crippen LogP contribution in [0.1, 0.15) is 36.1 Å². The highest BCUT2D eigenvalue weighted by atomic mass is 16.3. The molecule has 0 aromatic carbocycles. The van der Waals surface area contributed by atoms with E-state index >= 15 is 0 Å². The Hall–Kier alpha value is -2.35. The number of hydrogen-bond donors (Lipinski definition) is 3. The first-order valence-electron chi connectivity index (χ1n) is 9.30. The predicted molar refractivity (Wildman–Crippen MR) is 99.4 cm³/mol. The van der Waals surface area contributed by atoms with Gasteiger partial charge in [-0.3, -0.25) is 14.6 Å². The summed E-state index contributed by atoms with van der Waals surface area (Å²) in [5.74, 6) is 2.01. The summed E-state index contributed by atoms with van der Waals surface area (Å²) in [5, 5.41) is 16.5. The van der Waals surface area contributed by atoms with Crippen LogP contribution in [-0.4, -0.2) is 44.0 Å². The van der Waals surface area contributed by atoms with Crippen molar-refractivity contribution in [3.05, 3.63) is 33.5 Å². The molecular weight excluding hydrogens is 332 g/mol. The number of hydrogen-bond acceptors (Lipinski definition) is 6. The Morgan fingerprint density at radius 3 is 3.00 bits per heavy atom. The molecule has 26 heavy (non-hydrogen) atoms. The lowest BCUT2D eigenvalue weighted by Crippen LogP contribution is -2.33. The van der Waals surface area contributed by atoms with E-state index in [2.05, 4.69) is 25.3 Å². The fourth-order valence-corrected chi connectivity index (χ4v) is 4.16. The van der Waals surface area contributed by atoms with Gasteiger partial charge in [-0.25, -0.2) is 9.97 Å². The Bertz CT molecular complexity index is 858. The molecule has 1 aliphatic carbocycles. The van der Waals surface area contributed by atoms with Crippen molar-refractivity contribution in [3.63, 3.8) is 0 Å². The molecule has 1 saturated carbocycles. The third-order valence-corrected chi connectivity index (χ3v) is 5.72. The number of rotatable bonds is 4. The van der Waals surface area contributed by atoms with Gasteiger partial charge in [-0.15, -0.1) is 0 Å². The van der Waals surface area contributed by atoms with Crippen LogP contribution in [0.25, 0.3) is 0 Å². The molecule has 1 aliphatic heterocycles. The predicted octanol–water partition coefficient (Wildman–Crippen LogP) is 0.947. The molecular formula is C18H26N6O2. The molecule has 2 aromatic heterocycles. The van der Waals surface area contributed by atoms with E-state index in [0.717, 1.165) is 60.8 Å². The standard InChI is InChI=1S/C18H26N6O2/c1-11-16(19-8-12-4-3-5-15(12)25)20-10-21-17(11)24-7-6-13-14(9-24)22-23(2)18(13)26/h10,12,15,22,25H,3-9H2,1-2H3,(H,19,20,21). The van der Waals surface area contributed by atoms with E-state index in [1.165, 1.54) is 0 Å². The Kier molecular flexibility index (Phi) is 4.44. The minimum atomic E-state index is -0.209. The number of aryl methyl sites for hydroxylation is 1. The second kappa shape index (κ2) is 6.75. The van der Waals surface area contributed by atoms with Gasteiger partial charge in [0.15, 0.2) is 0 Å². The first-order chi connectivity index (χ1) is 12.5. The van der Waals surface area contributed by atoms with Crippen molar-refractivity contribution in [2.24, 2.45) is 13.0 Å². The molecule has 3 heterocycles. The topological polar surface area (TPSA) is 99.1 Å². The van der Waals surface area contributed by atoms with Gasteiger partial charge >= 0.3 is 0 Å². The summed E-state index contributed by atoms with van der Waals surface area (Å²) >= 11 is 0. The molecule has 2 atom stereocenters. The van der Waals surface area contributed by atoms with Crippen LogP contribution in [-0.2, 0) is 20.0 Å². The summed E-state index contributed by atoms with van der Waals surface area (Å²) in [6.07, 6.45) is 5.13. The summed E-state index contributed by atoms with van der Waals surface area (Å²) in [4.78, 5) is 23.1. The summed E-state index contributed by atoms with van der Waals surface area (Å²) in [6, 6.07) is 0. The molecule has 0 amide bonds. The van der Waals surface area contributed by atoms with Gasteiger partial charge in [0.2, 0.25) is 0 Å². The van der Waals surface area contributed by atoms with Crippen LogP contribution in [0.3, 0.4) is 0 Å². The number of aliphatic hydroxyl groups is 1. The monoisotopic (exact) mass is 358 g/mol. The molecule has 140 valence electrons. The van der Waals surface area contributed by atoms with E-state index in [-0.39, 0.29) is 11.7 Å². The van der Waals surface area contributed by atoms with E-state index in [0.29, 0.717) is 18.9 Å². The number of H-pyrrole nitrogens is 1. The lowest BCUT2D eigenvalue weighted by Gasteiger charge is -2.29. The van der Waals surface area contributed by atoms with Crippen molar-refractivity contribution in [2.75, 3.05) is 23.3 Å². The highest BCUT2D eigenvalue weighted by Crippen LogP contribution is 2.29. The van der Waals surface area contributed by atoms with E-state index in [9.17, 15) is 9.90 Å². The summed E-state index contributed by atoms with van der Waals surface area (Å²) < 4.78 is 1.54. The number of aromatic nitrogens is 4. The third-order valence-electron chi connectivity index (χ3n) is 5.72. The van der Waals surface area contributed by atoms with Crippen LogP contribution in [0, 0.1) is 12.8 Å². The van der Waals surface area contributed by atoms with Gasteiger partial charge in [0, 0.05) is 37.2 Å². The van der Waals surface area contributed by atoms with Gasteiger partial charge in [0.25, 0.3) is 5.56 Å². The van der Waals surface area contributed by atoms with Crippen LogP contribution in [0.15, 0.2) is 11.1 Å². The highest BCUT2D eigenvalue weighted by Gasteiger charge is 2.26. The van der Waals surface area contributed by atoms with Crippen molar-refractivity contribution in [1.29, 1.82) is 0 Å². The van der Waals surface area contributed by atoms with Crippen molar-refractivity contribution in [1.82, 2.24) is 19.7 Å². The molecule has 1 fully saturated rings. The van der Waals surface area contributed by atoms with E-state index in [4.69, 9.17) is 0 Å². The average molecular weight is 358 g/mol. The molecule has 0 spiro atoms. The van der Waals surface area contributed by atoms with Crippen LogP contribution in [0.4, 0.5) is 11.6 Å². The van der Waals surface area contributed by atoms with E-state index in [1.54, 1.807) is 18.1 Å². The van der Waals surface area contributed by atoms with Gasteiger partial charge < -0.3 is 15.3 Å². The summed E-state index contributed by atoms with van der Waals surface area (Å²) in [6.45, 7) is 4.16. The Morgan fingerprint density at radius 1 is 1.38 bits per heavy atom. The molecule has 8 heteroatoms. The maximum atomic E-state index is 12.1. The van der Waals surface area contributed by atoms with Crippen LogP contribution in [0.5, 0.6) is 0 Å². The van der Waals surface area contributed by atoms with Crippen LogP contribution < -0.4 is 15.8 Å². The number of anilines is 2. The second-order valence-electron chi connectivity index (χ2n) is 7.41. The SMILES string of the molecule is Cc1c(NCC2CCCC2O)ncnc1N1CCc2c([nH]n(C)c2=O)C1. The molecule has 0 bridgehead atoms. The maximum absolute atomic E-state index is 12.1. The molecule has 8 nitrogen and oxygen atoms in total. The van der Waals surface area contributed by atoms with Crippen molar-refractivity contribution < 1.29 is 5.11 Å². The van der Waals surface area contributed by atoms with Gasteiger partial charge in [0.1, 0.15) is 18.0 Å². The zero-order valence-corrected chi connectivity index (χ0v) is 15.3. The quantitative estimate of drug-likeness (QED) is 0.753. The molecule has 2 aromatic rings. The summed E-state index contributed by atoms with van der Waals surface area (Å²) in [5.41, 5.74) is 2.91. The Labute approximate surface area is 152 Å². The van der Waals surface area contributed by atoms with E-state index in [1.807, 2.05) is 6.92 Å². The number of nitrogens with one attached hydrogen (secondary N) is 2. The lowest BCUT2D eigenvalue weighted by atomic mass is 10.1. The number of aromatic amines is 1. The highest BCUT2D eigenvalue weighted by molar-refractivity contribution is 5.58. The fourth-order valence-electron chi connectivity index (χ4n) is 4.16. The molecule has 2 unspecified atom stereocenters. The van der Waals surface area contributed by atoms with Crippen molar-refractivity contribution in [3.8, 4) is 0 Å². The average Bonchev–Trinajstić information content (AvgIpc) is 3.17. The van der Waals surface area contributed by atoms with Crippen LogP contribution >= 0.6 is 0 Å². The molecule has 3 N–H and O–H groups in total. The van der Waals surface area contributed by atoms with Gasteiger partial charge in [-0.05, 0) is 26.2 Å². The minimum Gasteiger partial charge on any atom is -0.393 e. The molecule has 0 saturated heterocycles. The zero-order valence-electron chi connectivity index (χ0n) is 15.3. The number of aliphatic hydroxyl groups excluding tert-OH is 1. The van der Waals surface area contributed by atoms with Gasteiger partial charge in [-0.1, -0.05) is 6.42 Å². The fraction of sp³-hybridized carbons (Fsp3) is 0.611. The van der Waals surface area contributed by atoms with Gasteiger partial charge in [-0.2, -0.15) is 0 Å². The molecule has 0 radical (unpaired) electrons. The summed E-state index contributed by atoms with van der Waals surface area (Å²) in [7, 11) is 1.75. The van der Waals surface area contributed by atoms with Crippen molar-refractivity contribution >= 4 is 11.6 Å². The smallest absolute Gasteiger partial charge is 0.269 e. The number of nitrogens with zero attached hydrogens (tertiary/aromatic N) is 4. The molecule has 4 rings (SSSR count). The lowest BCUT2D eigenvalue weighted by molar-refractivity contribution is 0.138. The van der Waals surface area contributed by atoms with Gasteiger partial charge in [0.05, 0.1) is 18.3 Å². The van der Waals surface area contributed by atoms with E-state index < -0.39 is 0 Å². The second-order valence-corrected chi connectivity index (χ2v) is 7.41. The maximum Gasteiger partial charge on any atom is 0.269 e. The first-order valence-corrected chi connectivity index (χ1v) is 9.30. The zero-order chi connectivity index (χ0) is 18.3.